The summed E-state index contributed by atoms with van der Waals surface area (Å²) in [6, 6.07) is 17.8. The van der Waals surface area contributed by atoms with Crippen LogP contribution in [0.3, 0.4) is 0 Å². The minimum Gasteiger partial charge on any atom is -0.325 e. The lowest BCUT2D eigenvalue weighted by Gasteiger charge is -2.33. The van der Waals surface area contributed by atoms with Crippen LogP contribution < -0.4 is 15.1 Å². The molecule has 33 heavy (non-hydrogen) atoms. The molecule has 3 aromatic rings. The van der Waals surface area contributed by atoms with Gasteiger partial charge in [0.1, 0.15) is 18.2 Å². The number of thioether (sulfide) groups is 1. The number of carbonyl (C=O) groups excluding carboxylic acids is 3. The number of hydrogen-bond donors (Lipinski definition) is 1. The van der Waals surface area contributed by atoms with Gasteiger partial charge in [-0.3, -0.25) is 24.2 Å². The average Bonchev–Trinajstić information content (AvgIpc) is 3.26. The predicted octanol–water partition coefficient (Wildman–Crippen LogP) is 3.88. The summed E-state index contributed by atoms with van der Waals surface area (Å²) in [5, 5.41) is 2.65. The van der Waals surface area contributed by atoms with Gasteiger partial charge in [0, 0.05) is 16.9 Å². The van der Waals surface area contributed by atoms with Gasteiger partial charge in [0.15, 0.2) is 0 Å². The zero-order valence-corrected chi connectivity index (χ0v) is 17.9. The first-order chi connectivity index (χ1) is 15.9. The Kier molecular flexibility index (Phi) is 5.13. The molecule has 0 bridgehead atoms. The van der Waals surface area contributed by atoms with Crippen molar-refractivity contribution >= 4 is 46.5 Å². The molecule has 3 aromatic carbocycles. The van der Waals surface area contributed by atoms with Crippen LogP contribution in [0, 0.1) is 11.6 Å². The van der Waals surface area contributed by atoms with E-state index >= 15 is 0 Å². The summed E-state index contributed by atoms with van der Waals surface area (Å²) in [6.45, 7) is -0.305. The van der Waals surface area contributed by atoms with Gasteiger partial charge in [-0.2, -0.15) is 0 Å². The molecule has 5 rings (SSSR count). The van der Waals surface area contributed by atoms with Crippen LogP contribution in [0.5, 0.6) is 0 Å². The van der Waals surface area contributed by atoms with Crippen molar-refractivity contribution in [3.05, 3.63) is 90.0 Å². The Bertz CT molecular complexity index is 1280. The third-order valence-electron chi connectivity index (χ3n) is 5.56. The largest absolute Gasteiger partial charge is 0.325 e. The monoisotopic (exact) mass is 465 g/mol. The molecule has 0 unspecified atom stereocenters. The molecule has 0 saturated carbocycles. The Morgan fingerprint density at radius 2 is 1.73 bits per heavy atom. The maximum atomic E-state index is 14.0. The number of para-hydroxylation sites is 1. The molecule has 0 aromatic heterocycles. The molecule has 166 valence electrons. The Balaban J connectivity index is 1.51. The van der Waals surface area contributed by atoms with Crippen molar-refractivity contribution in [2.45, 2.75) is 4.87 Å². The summed E-state index contributed by atoms with van der Waals surface area (Å²) < 4.78 is 27.1. The highest BCUT2D eigenvalue weighted by atomic mass is 32.2. The van der Waals surface area contributed by atoms with Gasteiger partial charge in [-0.15, -0.1) is 11.8 Å². The zero-order chi connectivity index (χ0) is 23.2. The van der Waals surface area contributed by atoms with Crippen molar-refractivity contribution in [3.8, 4) is 0 Å². The summed E-state index contributed by atoms with van der Waals surface area (Å²) in [6.07, 6.45) is 0. The van der Waals surface area contributed by atoms with Crippen molar-refractivity contribution in [2.24, 2.45) is 0 Å². The van der Waals surface area contributed by atoms with Gasteiger partial charge in [-0.25, -0.2) is 8.78 Å². The Labute approximate surface area is 192 Å². The van der Waals surface area contributed by atoms with Gasteiger partial charge in [0.2, 0.25) is 16.7 Å². The molecule has 1 fully saturated rings. The average molecular weight is 465 g/mol. The molecule has 9 heteroatoms. The number of rotatable bonds is 4. The van der Waals surface area contributed by atoms with Gasteiger partial charge in [0.25, 0.3) is 5.91 Å². The van der Waals surface area contributed by atoms with E-state index in [0.29, 0.717) is 16.9 Å². The number of anilines is 3. The highest BCUT2D eigenvalue weighted by Crippen LogP contribution is 2.55. The van der Waals surface area contributed by atoms with Gasteiger partial charge in [-0.05, 0) is 48.5 Å². The fraction of sp³-hybridized carbons (Fsp3) is 0.125. The molecule has 6 nitrogen and oxygen atoms in total. The van der Waals surface area contributed by atoms with E-state index in [1.54, 1.807) is 30.3 Å². The molecule has 1 saturated heterocycles. The lowest BCUT2D eigenvalue weighted by molar-refractivity contribution is -0.124. The standard InChI is InChI=1S/C24H17F2N3O3S/c25-15-8-10-17(11-9-15)27-21(30)13-28-20-7-2-1-6-19(20)24(23(28)32)29(22(31)14-33-24)18-5-3-4-16(26)12-18/h1-12H,13-14H2,(H,27,30)/t24-/m0/s1. The quantitative estimate of drug-likeness (QED) is 0.635. The van der Waals surface area contributed by atoms with Crippen molar-refractivity contribution in [1.82, 2.24) is 0 Å². The van der Waals surface area contributed by atoms with Crippen LogP contribution in [0.2, 0.25) is 0 Å². The van der Waals surface area contributed by atoms with E-state index in [0.717, 1.165) is 11.8 Å². The molecule has 0 radical (unpaired) electrons. The van der Waals surface area contributed by atoms with Crippen molar-refractivity contribution in [3.63, 3.8) is 0 Å². The number of benzene rings is 3. The highest BCUT2D eigenvalue weighted by Gasteiger charge is 2.61. The second-order valence-corrected chi connectivity index (χ2v) is 8.77. The fourth-order valence-corrected chi connectivity index (χ4v) is 5.56. The van der Waals surface area contributed by atoms with E-state index in [2.05, 4.69) is 5.32 Å². The lowest BCUT2D eigenvalue weighted by atomic mass is 10.0. The van der Waals surface area contributed by atoms with Crippen LogP contribution in [-0.2, 0) is 19.3 Å². The van der Waals surface area contributed by atoms with E-state index < -0.39 is 28.3 Å². The predicted molar refractivity (Wildman–Crippen MR) is 122 cm³/mol. The number of fused-ring (bicyclic) bond motifs is 2. The molecule has 2 heterocycles. The van der Waals surface area contributed by atoms with E-state index in [4.69, 9.17) is 0 Å². The first-order valence-corrected chi connectivity index (χ1v) is 11.1. The van der Waals surface area contributed by atoms with E-state index in [-0.39, 0.29) is 23.9 Å². The first-order valence-electron chi connectivity index (χ1n) is 10.1. The number of hydrogen-bond acceptors (Lipinski definition) is 4. The number of carbonyl (C=O) groups is 3. The van der Waals surface area contributed by atoms with E-state index in [1.165, 1.54) is 52.3 Å². The van der Waals surface area contributed by atoms with E-state index in [9.17, 15) is 23.2 Å². The topological polar surface area (TPSA) is 69.7 Å². The lowest BCUT2D eigenvalue weighted by Crippen LogP contribution is -2.50. The smallest absolute Gasteiger partial charge is 0.269 e. The highest BCUT2D eigenvalue weighted by molar-refractivity contribution is 8.02. The first kappa shape index (κ1) is 21.1. The minimum atomic E-state index is -1.43. The molecule has 1 N–H and O–H groups in total. The third-order valence-corrected chi connectivity index (χ3v) is 6.95. The van der Waals surface area contributed by atoms with Crippen molar-refractivity contribution in [1.29, 1.82) is 0 Å². The van der Waals surface area contributed by atoms with Gasteiger partial charge < -0.3 is 5.32 Å². The van der Waals surface area contributed by atoms with Crippen LogP contribution in [0.25, 0.3) is 0 Å². The summed E-state index contributed by atoms with van der Waals surface area (Å²) in [4.78, 5) is 40.7. The normalized spacial score (nSPS) is 19.3. The van der Waals surface area contributed by atoms with E-state index in [1.807, 2.05) is 0 Å². The third kappa shape index (κ3) is 3.45. The molecule has 2 aliphatic rings. The number of amides is 3. The van der Waals surface area contributed by atoms with Gasteiger partial charge in [-0.1, -0.05) is 24.3 Å². The summed E-state index contributed by atoms with van der Waals surface area (Å²) >= 11 is 1.15. The van der Waals surface area contributed by atoms with Crippen LogP contribution in [0.15, 0.2) is 72.8 Å². The van der Waals surface area contributed by atoms with Gasteiger partial charge >= 0.3 is 0 Å². The molecule has 3 amide bonds. The summed E-state index contributed by atoms with van der Waals surface area (Å²) in [7, 11) is 0. The maximum absolute atomic E-state index is 14.0. The molecule has 2 aliphatic heterocycles. The Morgan fingerprint density at radius 1 is 0.970 bits per heavy atom. The molecular formula is C24H17F2N3O3S. The van der Waals surface area contributed by atoms with Gasteiger partial charge in [0.05, 0.1) is 11.4 Å². The zero-order valence-electron chi connectivity index (χ0n) is 17.1. The van der Waals surface area contributed by atoms with Crippen LogP contribution in [0.1, 0.15) is 5.56 Å². The number of nitrogens with zero attached hydrogens (tertiary/aromatic N) is 2. The second-order valence-electron chi connectivity index (χ2n) is 7.61. The molecule has 1 spiro atoms. The molecule has 1 atom stereocenters. The second kappa shape index (κ2) is 8.00. The maximum Gasteiger partial charge on any atom is 0.269 e. The Morgan fingerprint density at radius 3 is 2.48 bits per heavy atom. The number of nitrogens with one attached hydrogen (secondary N) is 1. The van der Waals surface area contributed by atoms with Crippen LogP contribution >= 0.6 is 11.8 Å². The summed E-state index contributed by atoms with van der Waals surface area (Å²) in [5.41, 5.74) is 1.72. The minimum absolute atomic E-state index is 0.0339. The SMILES string of the molecule is O=C(CN1C(=O)[C@@]2(SCC(=O)N2c2cccc(F)c2)c2ccccc21)Nc1ccc(F)cc1. The molecule has 0 aliphatic carbocycles. The number of halogens is 2. The van der Waals surface area contributed by atoms with Crippen LogP contribution in [0.4, 0.5) is 25.8 Å². The van der Waals surface area contributed by atoms with Crippen molar-refractivity contribution < 1.29 is 23.2 Å². The summed E-state index contributed by atoms with van der Waals surface area (Å²) in [5.74, 6) is -2.19. The van der Waals surface area contributed by atoms with Crippen molar-refractivity contribution in [2.75, 3.05) is 27.4 Å². The molecular weight excluding hydrogens is 448 g/mol. The van der Waals surface area contributed by atoms with Crippen LogP contribution in [-0.4, -0.2) is 30.0 Å². The Hall–Kier alpha value is -3.72. The fourth-order valence-electron chi connectivity index (χ4n) is 4.20.